The van der Waals surface area contributed by atoms with E-state index in [1.807, 2.05) is 38.1 Å². The number of rotatable bonds is 3. The Balaban J connectivity index is 2.04. The van der Waals surface area contributed by atoms with Crippen molar-refractivity contribution in [2.24, 2.45) is 0 Å². The lowest BCUT2D eigenvalue weighted by Crippen LogP contribution is -2.49. The Kier molecular flexibility index (Phi) is 4.53. The maximum atomic E-state index is 12.2. The number of aryl methyl sites for hydroxylation is 1. The minimum Gasteiger partial charge on any atom is -0.380 e. The SMILES string of the molecule is Cc1ccccc1C(C)NC(=O)C1(O)CCSCC1. The van der Waals surface area contributed by atoms with Gasteiger partial charge in [0.1, 0.15) is 5.60 Å². The molecule has 2 N–H and O–H groups in total. The maximum Gasteiger partial charge on any atom is 0.252 e. The molecule has 1 aromatic carbocycles. The molecule has 1 heterocycles. The summed E-state index contributed by atoms with van der Waals surface area (Å²) in [6.07, 6.45) is 1.09. The van der Waals surface area contributed by atoms with Crippen LogP contribution in [0, 0.1) is 6.92 Å². The van der Waals surface area contributed by atoms with E-state index in [2.05, 4.69) is 5.32 Å². The fourth-order valence-corrected chi connectivity index (χ4v) is 3.59. The van der Waals surface area contributed by atoms with Gasteiger partial charge in [0.2, 0.25) is 0 Å². The van der Waals surface area contributed by atoms with Crippen molar-refractivity contribution in [3.05, 3.63) is 35.4 Å². The summed E-state index contributed by atoms with van der Waals surface area (Å²) in [4.78, 5) is 12.2. The third-order valence-corrected chi connectivity index (χ3v) is 4.73. The predicted molar refractivity (Wildman–Crippen MR) is 79.2 cm³/mol. The molecule has 1 aliphatic heterocycles. The molecule has 0 aromatic heterocycles. The predicted octanol–water partition coefficient (Wildman–Crippen LogP) is 2.43. The molecular weight excluding hydrogens is 258 g/mol. The summed E-state index contributed by atoms with van der Waals surface area (Å²) in [6.45, 7) is 3.99. The van der Waals surface area contributed by atoms with E-state index in [-0.39, 0.29) is 11.9 Å². The molecule has 1 aromatic rings. The molecule has 104 valence electrons. The van der Waals surface area contributed by atoms with Gasteiger partial charge in [0.15, 0.2) is 0 Å². The van der Waals surface area contributed by atoms with Gasteiger partial charge in [-0.15, -0.1) is 0 Å². The normalized spacial score (nSPS) is 19.7. The summed E-state index contributed by atoms with van der Waals surface area (Å²) in [6, 6.07) is 7.92. The second kappa shape index (κ2) is 5.97. The van der Waals surface area contributed by atoms with E-state index >= 15 is 0 Å². The van der Waals surface area contributed by atoms with E-state index < -0.39 is 5.60 Å². The molecule has 0 spiro atoms. The highest BCUT2D eigenvalue weighted by Crippen LogP contribution is 2.28. The molecule has 0 bridgehead atoms. The van der Waals surface area contributed by atoms with Crippen molar-refractivity contribution in [1.82, 2.24) is 5.32 Å². The van der Waals surface area contributed by atoms with Crippen LogP contribution in [0.4, 0.5) is 0 Å². The van der Waals surface area contributed by atoms with Crippen LogP contribution in [0.3, 0.4) is 0 Å². The van der Waals surface area contributed by atoms with Gasteiger partial charge in [-0.3, -0.25) is 4.79 Å². The van der Waals surface area contributed by atoms with Gasteiger partial charge < -0.3 is 10.4 Å². The molecule has 2 rings (SSSR count). The van der Waals surface area contributed by atoms with Crippen molar-refractivity contribution in [2.45, 2.75) is 38.3 Å². The lowest BCUT2D eigenvalue weighted by molar-refractivity contribution is -0.141. The summed E-state index contributed by atoms with van der Waals surface area (Å²) in [7, 11) is 0. The third-order valence-electron chi connectivity index (χ3n) is 3.75. The second-order valence-corrected chi connectivity index (χ2v) is 6.42. The van der Waals surface area contributed by atoms with Gasteiger partial charge in [0.25, 0.3) is 5.91 Å². The van der Waals surface area contributed by atoms with Gasteiger partial charge in [0, 0.05) is 0 Å². The quantitative estimate of drug-likeness (QED) is 0.893. The van der Waals surface area contributed by atoms with E-state index in [1.54, 1.807) is 11.8 Å². The lowest BCUT2D eigenvalue weighted by atomic mass is 9.94. The van der Waals surface area contributed by atoms with Crippen LogP contribution in [0.15, 0.2) is 24.3 Å². The zero-order chi connectivity index (χ0) is 13.9. The number of hydrogen-bond acceptors (Lipinski definition) is 3. The molecule has 4 heteroatoms. The Morgan fingerprint density at radius 2 is 2.00 bits per heavy atom. The molecule has 0 saturated carbocycles. The van der Waals surface area contributed by atoms with Gasteiger partial charge in [0.05, 0.1) is 6.04 Å². The van der Waals surface area contributed by atoms with Gasteiger partial charge >= 0.3 is 0 Å². The third kappa shape index (κ3) is 3.31. The number of thioether (sulfide) groups is 1. The molecule has 1 unspecified atom stereocenters. The number of benzene rings is 1. The van der Waals surface area contributed by atoms with E-state index in [4.69, 9.17) is 0 Å². The highest BCUT2D eigenvalue weighted by Gasteiger charge is 2.37. The molecule has 1 amide bonds. The van der Waals surface area contributed by atoms with E-state index in [0.717, 1.165) is 22.6 Å². The zero-order valence-corrected chi connectivity index (χ0v) is 12.3. The van der Waals surface area contributed by atoms with E-state index in [9.17, 15) is 9.90 Å². The van der Waals surface area contributed by atoms with Crippen LogP contribution in [-0.2, 0) is 4.79 Å². The first kappa shape index (κ1) is 14.4. The van der Waals surface area contributed by atoms with Crippen LogP contribution in [0.2, 0.25) is 0 Å². The monoisotopic (exact) mass is 279 g/mol. The number of hydrogen-bond donors (Lipinski definition) is 2. The number of aliphatic hydroxyl groups is 1. The minimum atomic E-state index is -1.18. The minimum absolute atomic E-state index is 0.0766. The number of nitrogens with one attached hydrogen (secondary N) is 1. The molecule has 0 radical (unpaired) electrons. The fraction of sp³-hybridized carbons (Fsp3) is 0.533. The summed E-state index contributed by atoms with van der Waals surface area (Å²) in [5.74, 6) is 1.47. The molecule has 19 heavy (non-hydrogen) atoms. The second-order valence-electron chi connectivity index (χ2n) is 5.20. The fourth-order valence-electron chi connectivity index (χ4n) is 2.42. The highest BCUT2D eigenvalue weighted by atomic mass is 32.2. The van der Waals surface area contributed by atoms with Crippen LogP contribution in [-0.4, -0.2) is 28.1 Å². The molecular formula is C15H21NO2S. The lowest BCUT2D eigenvalue weighted by Gasteiger charge is -2.31. The Labute approximate surface area is 118 Å². The van der Waals surface area contributed by atoms with Crippen LogP contribution in [0.25, 0.3) is 0 Å². The molecule has 1 atom stereocenters. The zero-order valence-electron chi connectivity index (χ0n) is 11.5. The Morgan fingerprint density at radius 1 is 1.37 bits per heavy atom. The van der Waals surface area contributed by atoms with Crippen molar-refractivity contribution in [1.29, 1.82) is 0 Å². The maximum absolute atomic E-state index is 12.2. The van der Waals surface area contributed by atoms with Crippen LogP contribution in [0.5, 0.6) is 0 Å². The summed E-state index contributed by atoms with van der Waals surface area (Å²) >= 11 is 1.79. The van der Waals surface area contributed by atoms with Crippen molar-refractivity contribution in [3.63, 3.8) is 0 Å². The molecule has 0 aliphatic carbocycles. The summed E-state index contributed by atoms with van der Waals surface area (Å²) in [5.41, 5.74) is 1.08. The van der Waals surface area contributed by atoms with E-state index in [0.29, 0.717) is 12.8 Å². The van der Waals surface area contributed by atoms with Crippen LogP contribution < -0.4 is 5.32 Å². The molecule has 1 aliphatic rings. The van der Waals surface area contributed by atoms with Crippen LogP contribution in [0.1, 0.15) is 36.9 Å². The topological polar surface area (TPSA) is 49.3 Å². The number of carbonyl (C=O) groups excluding carboxylic acids is 1. The standard InChI is InChI=1S/C15H21NO2S/c1-11-5-3-4-6-13(11)12(2)16-14(17)15(18)7-9-19-10-8-15/h3-6,12,18H,7-10H2,1-2H3,(H,16,17). The Morgan fingerprint density at radius 3 is 2.63 bits per heavy atom. The molecule has 1 saturated heterocycles. The Hall–Kier alpha value is -1.000. The van der Waals surface area contributed by atoms with Crippen molar-refractivity contribution in [3.8, 4) is 0 Å². The van der Waals surface area contributed by atoms with Crippen molar-refractivity contribution < 1.29 is 9.90 Å². The van der Waals surface area contributed by atoms with Crippen LogP contribution >= 0.6 is 11.8 Å². The largest absolute Gasteiger partial charge is 0.380 e. The van der Waals surface area contributed by atoms with Gasteiger partial charge in [-0.1, -0.05) is 24.3 Å². The Bertz CT molecular complexity index is 455. The van der Waals surface area contributed by atoms with Gasteiger partial charge in [-0.05, 0) is 49.3 Å². The number of amides is 1. The van der Waals surface area contributed by atoms with Gasteiger partial charge in [-0.25, -0.2) is 0 Å². The first-order valence-electron chi connectivity index (χ1n) is 6.69. The molecule has 1 fully saturated rings. The number of carbonyl (C=O) groups is 1. The van der Waals surface area contributed by atoms with Crippen molar-refractivity contribution >= 4 is 17.7 Å². The summed E-state index contributed by atoms with van der Waals surface area (Å²) in [5, 5.41) is 13.3. The van der Waals surface area contributed by atoms with Crippen molar-refractivity contribution in [2.75, 3.05) is 11.5 Å². The average molecular weight is 279 g/mol. The first-order valence-corrected chi connectivity index (χ1v) is 7.85. The van der Waals surface area contributed by atoms with E-state index in [1.165, 1.54) is 0 Å². The first-order chi connectivity index (χ1) is 9.03. The highest BCUT2D eigenvalue weighted by molar-refractivity contribution is 7.99. The van der Waals surface area contributed by atoms with Gasteiger partial charge in [-0.2, -0.15) is 11.8 Å². The smallest absolute Gasteiger partial charge is 0.252 e. The molecule has 3 nitrogen and oxygen atoms in total. The summed E-state index contributed by atoms with van der Waals surface area (Å²) < 4.78 is 0. The average Bonchev–Trinajstić information content (AvgIpc) is 2.40.